The predicted molar refractivity (Wildman–Crippen MR) is 64.5 cm³/mol. The summed E-state index contributed by atoms with van der Waals surface area (Å²) in [6, 6.07) is 0. The second-order valence-electron chi connectivity index (χ2n) is 5.86. The van der Waals surface area contributed by atoms with Crippen LogP contribution < -0.4 is 0 Å². The Kier molecular flexibility index (Phi) is 5.42. The zero-order valence-electron chi connectivity index (χ0n) is 11.1. The lowest BCUT2D eigenvalue weighted by molar-refractivity contribution is -0.137. The molecule has 96 valence electrons. The number of carboxylic acid groups (broad SMARTS) is 1. The van der Waals surface area contributed by atoms with Gasteiger partial charge < -0.3 is 10.2 Å². The van der Waals surface area contributed by atoms with Gasteiger partial charge in [-0.05, 0) is 41.0 Å². The van der Waals surface area contributed by atoms with Gasteiger partial charge in [-0.1, -0.05) is 0 Å². The highest BCUT2D eigenvalue weighted by Crippen LogP contribution is 2.17. The van der Waals surface area contributed by atoms with Crippen molar-refractivity contribution in [3.63, 3.8) is 0 Å². The maximum Gasteiger partial charge on any atom is 0.304 e. The Bertz CT molecular complexity index is 225. The average Bonchev–Trinajstić information content (AvgIpc) is 1.98. The third-order valence-corrected chi connectivity index (χ3v) is 2.54. The molecule has 0 bridgehead atoms. The van der Waals surface area contributed by atoms with Crippen LogP contribution in [0.25, 0.3) is 0 Å². The van der Waals surface area contributed by atoms with Crippen LogP contribution in [-0.2, 0) is 4.79 Å². The highest BCUT2D eigenvalue weighted by atomic mass is 16.4. The zero-order valence-corrected chi connectivity index (χ0v) is 11.1. The van der Waals surface area contributed by atoms with Crippen LogP contribution in [0.15, 0.2) is 0 Å². The number of nitrogens with zero attached hydrogens (tertiary/aromatic N) is 1. The van der Waals surface area contributed by atoms with E-state index in [4.69, 9.17) is 5.11 Å². The van der Waals surface area contributed by atoms with Gasteiger partial charge in [0.2, 0.25) is 0 Å². The summed E-state index contributed by atoms with van der Waals surface area (Å²) < 4.78 is 0. The van der Waals surface area contributed by atoms with Crippen LogP contribution in [-0.4, -0.2) is 45.3 Å². The average molecular weight is 231 g/mol. The fourth-order valence-electron chi connectivity index (χ4n) is 1.42. The van der Waals surface area contributed by atoms with Crippen molar-refractivity contribution in [2.45, 2.75) is 58.6 Å². The second-order valence-corrected chi connectivity index (χ2v) is 5.86. The van der Waals surface area contributed by atoms with Crippen molar-refractivity contribution in [2.75, 3.05) is 13.1 Å². The summed E-state index contributed by atoms with van der Waals surface area (Å²) in [6.07, 6.45) is 0.785. The molecule has 0 rings (SSSR count). The molecule has 0 unspecified atom stereocenters. The molecular formula is C12H25NO3. The number of rotatable bonds is 6. The fourth-order valence-corrected chi connectivity index (χ4v) is 1.42. The molecule has 0 fully saturated rings. The smallest absolute Gasteiger partial charge is 0.304 e. The first-order valence-corrected chi connectivity index (χ1v) is 5.71. The SMILES string of the molecule is CC(C)(O)CCN(CCC(=O)O)C(C)(C)C. The first kappa shape index (κ1) is 15.4. The van der Waals surface area contributed by atoms with Crippen LogP contribution >= 0.6 is 0 Å². The summed E-state index contributed by atoms with van der Waals surface area (Å²) in [5.41, 5.74) is -0.770. The maximum atomic E-state index is 10.6. The van der Waals surface area contributed by atoms with Gasteiger partial charge in [-0.3, -0.25) is 9.69 Å². The number of aliphatic carboxylic acids is 1. The van der Waals surface area contributed by atoms with E-state index in [1.165, 1.54) is 0 Å². The van der Waals surface area contributed by atoms with Crippen molar-refractivity contribution >= 4 is 5.97 Å². The lowest BCUT2D eigenvalue weighted by Crippen LogP contribution is -2.44. The highest BCUT2D eigenvalue weighted by Gasteiger charge is 2.24. The van der Waals surface area contributed by atoms with Crippen LogP contribution in [0, 0.1) is 0 Å². The molecular weight excluding hydrogens is 206 g/mol. The zero-order chi connectivity index (χ0) is 13.0. The van der Waals surface area contributed by atoms with E-state index in [-0.39, 0.29) is 12.0 Å². The molecule has 16 heavy (non-hydrogen) atoms. The molecule has 0 aromatic rings. The molecule has 0 saturated heterocycles. The molecule has 4 nitrogen and oxygen atoms in total. The third-order valence-electron chi connectivity index (χ3n) is 2.54. The maximum absolute atomic E-state index is 10.6. The topological polar surface area (TPSA) is 60.8 Å². The first-order chi connectivity index (χ1) is 7.02. The van der Waals surface area contributed by atoms with Crippen molar-refractivity contribution in [3.8, 4) is 0 Å². The summed E-state index contributed by atoms with van der Waals surface area (Å²) in [6.45, 7) is 10.9. The molecule has 0 amide bonds. The molecule has 0 aromatic heterocycles. The van der Waals surface area contributed by atoms with E-state index in [9.17, 15) is 9.90 Å². The molecule has 2 N–H and O–H groups in total. The van der Waals surface area contributed by atoms with E-state index in [0.29, 0.717) is 19.5 Å². The minimum atomic E-state index is -0.780. The Balaban J connectivity index is 4.28. The molecule has 0 aliphatic rings. The Morgan fingerprint density at radius 2 is 1.62 bits per heavy atom. The van der Waals surface area contributed by atoms with Crippen molar-refractivity contribution in [2.24, 2.45) is 0 Å². The van der Waals surface area contributed by atoms with Crippen molar-refractivity contribution in [1.29, 1.82) is 0 Å². The molecule has 0 aliphatic heterocycles. The minimum absolute atomic E-state index is 0.0688. The van der Waals surface area contributed by atoms with Gasteiger partial charge in [-0.15, -0.1) is 0 Å². The monoisotopic (exact) mass is 231 g/mol. The van der Waals surface area contributed by atoms with E-state index >= 15 is 0 Å². The molecule has 0 spiro atoms. The summed E-state index contributed by atoms with van der Waals surface area (Å²) in [5, 5.41) is 18.3. The highest BCUT2D eigenvalue weighted by molar-refractivity contribution is 5.66. The summed E-state index contributed by atoms with van der Waals surface area (Å²) in [4.78, 5) is 12.7. The van der Waals surface area contributed by atoms with Crippen LogP contribution in [0.5, 0.6) is 0 Å². The van der Waals surface area contributed by atoms with Gasteiger partial charge >= 0.3 is 5.97 Å². The standard InChI is InChI=1S/C12H25NO3/c1-11(2,3)13(8-6-10(14)15)9-7-12(4,5)16/h16H,6-9H2,1-5H3,(H,14,15). The van der Waals surface area contributed by atoms with E-state index < -0.39 is 11.6 Å². The Labute approximate surface area is 98.3 Å². The van der Waals surface area contributed by atoms with Gasteiger partial charge in [-0.25, -0.2) is 0 Å². The Hall–Kier alpha value is -0.610. The number of hydrogen-bond donors (Lipinski definition) is 2. The van der Waals surface area contributed by atoms with Gasteiger partial charge in [0.15, 0.2) is 0 Å². The van der Waals surface area contributed by atoms with Gasteiger partial charge in [0, 0.05) is 18.6 Å². The van der Waals surface area contributed by atoms with Gasteiger partial charge in [0.25, 0.3) is 0 Å². The molecule has 0 heterocycles. The van der Waals surface area contributed by atoms with Crippen molar-refractivity contribution in [3.05, 3.63) is 0 Å². The largest absolute Gasteiger partial charge is 0.481 e. The van der Waals surface area contributed by atoms with Gasteiger partial charge in [0.1, 0.15) is 0 Å². The molecule has 0 saturated carbocycles. The Morgan fingerprint density at radius 1 is 1.12 bits per heavy atom. The van der Waals surface area contributed by atoms with Crippen LogP contribution in [0.1, 0.15) is 47.5 Å². The number of aliphatic hydroxyl groups is 1. The molecule has 4 heteroatoms. The molecule has 0 radical (unpaired) electrons. The van der Waals surface area contributed by atoms with Crippen molar-refractivity contribution in [1.82, 2.24) is 4.90 Å². The molecule has 0 aliphatic carbocycles. The van der Waals surface area contributed by atoms with Crippen LogP contribution in [0.4, 0.5) is 0 Å². The van der Waals surface area contributed by atoms with Gasteiger partial charge in [-0.2, -0.15) is 0 Å². The van der Waals surface area contributed by atoms with Crippen LogP contribution in [0.3, 0.4) is 0 Å². The summed E-state index contributed by atoms with van der Waals surface area (Å²) in [7, 11) is 0. The third kappa shape index (κ3) is 7.65. The fraction of sp³-hybridized carbons (Fsp3) is 0.917. The quantitative estimate of drug-likeness (QED) is 0.730. The number of carbonyl (C=O) groups is 1. The van der Waals surface area contributed by atoms with Crippen LogP contribution in [0.2, 0.25) is 0 Å². The number of carboxylic acids is 1. The van der Waals surface area contributed by atoms with E-state index in [2.05, 4.69) is 25.7 Å². The minimum Gasteiger partial charge on any atom is -0.481 e. The van der Waals surface area contributed by atoms with E-state index in [1.54, 1.807) is 13.8 Å². The van der Waals surface area contributed by atoms with Crippen molar-refractivity contribution < 1.29 is 15.0 Å². The van der Waals surface area contributed by atoms with E-state index in [1.807, 2.05) is 0 Å². The summed E-state index contributed by atoms with van der Waals surface area (Å²) >= 11 is 0. The molecule has 0 atom stereocenters. The first-order valence-electron chi connectivity index (χ1n) is 5.71. The molecule has 0 aromatic carbocycles. The lowest BCUT2D eigenvalue weighted by atomic mass is 10.0. The van der Waals surface area contributed by atoms with Gasteiger partial charge in [0.05, 0.1) is 12.0 Å². The Morgan fingerprint density at radius 3 is 1.94 bits per heavy atom. The lowest BCUT2D eigenvalue weighted by Gasteiger charge is -2.36. The normalized spacial score (nSPS) is 13.2. The predicted octanol–water partition coefficient (Wildman–Crippen LogP) is 1.72. The number of hydrogen-bond acceptors (Lipinski definition) is 3. The van der Waals surface area contributed by atoms with E-state index in [0.717, 1.165) is 0 Å². The second kappa shape index (κ2) is 5.64. The summed E-state index contributed by atoms with van der Waals surface area (Å²) in [5.74, 6) is -0.780.